The number of aryl methyl sites for hydroxylation is 1. The van der Waals surface area contributed by atoms with E-state index in [0.29, 0.717) is 6.61 Å². The Morgan fingerprint density at radius 1 is 1.26 bits per heavy atom. The van der Waals surface area contributed by atoms with E-state index in [9.17, 15) is 4.79 Å². The minimum atomic E-state index is 0.0273. The van der Waals surface area contributed by atoms with Crippen molar-refractivity contribution in [1.29, 1.82) is 0 Å². The Morgan fingerprint density at radius 3 is 2.78 bits per heavy atom. The number of carbonyl (C=O) groups is 1. The number of hydrogen-bond acceptors (Lipinski definition) is 3. The molecule has 27 heavy (non-hydrogen) atoms. The first kappa shape index (κ1) is 19.2. The number of anilines is 1. The summed E-state index contributed by atoms with van der Waals surface area (Å²) >= 11 is 0. The van der Waals surface area contributed by atoms with Crippen LogP contribution in [-0.2, 0) is 11.3 Å². The zero-order valence-corrected chi connectivity index (χ0v) is 16.0. The highest BCUT2D eigenvalue weighted by Crippen LogP contribution is 2.22. The molecule has 0 saturated carbocycles. The fourth-order valence-corrected chi connectivity index (χ4v) is 3.48. The van der Waals surface area contributed by atoms with Crippen LogP contribution in [0.5, 0.6) is 5.75 Å². The van der Waals surface area contributed by atoms with Crippen LogP contribution in [0, 0.1) is 12.8 Å². The quantitative estimate of drug-likeness (QED) is 0.740. The topological polar surface area (TPSA) is 41.6 Å². The van der Waals surface area contributed by atoms with E-state index >= 15 is 0 Å². The van der Waals surface area contributed by atoms with Crippen molar-refractivity contribution in [3.63, 3.8) is 0 Å². The molecule has 1 unspecified atom stereocenters. The van der Waals surface area contributed by atoms with Gasteiger partial charge in [-0.2, -0.15) is 0 Å². The highest BCUT2D eigenvalue weighted by molar-refractivity contribution is 5.92. The molecule has 2 aromatic rings. The van der Waals surface area contributed by atoms with Gasteiger partial charge >= 0.3 is 0 Å². The molecule has 0 spiro atoms. The molecular weight excluding hydrogens is 336 g/mol. The zero-order chi connectivity index (χ0) is 19.1. The third-order valence-corrected chi connectivity index (χ3v) is 5.02. The monoisotopic (exact) mass is 364 g/mol. The van der Waals surface area contributed by atoms with Crippen molar-refractivity contribution >= 4 is 11.6 Å². The third-order valence-electron chi connectivity index (χ3n) is 5.02. The molecule has 3 rings (SSSR count). The van der Waals surface area contributed by atoms with Crippen LogP contribution in [0.2, 0.25) is 0 Å². The Labute approximate surface area is 161 Å². The van der Waals surface area contributed by atoms with Gasteiger partial charge < -0.3 is 10.1 Å². The van der Waals surface area contributed by atoms with Crippen LogP contribution in [0.4, 0.5) is 5.69 Å². The number of piperidine rings is 1. The number of nitrogens with one attached hydrogen (secondary N) is 1. The highest BCUT2D eigenvalue weighted by Gasteiger charge is 2.26. The molecule has 1 aliphatic rings. The van der Waals surface area contributed by atoms with Gasteiger partial charge in [0.25, 0.3) is 0 Å². The van der Waals surface area contributed by atoms with Gasteiger partial charge in [0.1, 0.15) is 12.4 Å². The molecule has 1 saturated heterocycles. The number of hydrogen-bond donors (Lipinski definition) is 1. The van der Waals surface area contributed by atoms with Gasteiger partial charge in [-0.05, 0) is 61.7 Å². The normalized spacial score (nSPS) is 17.3. The smallest absolute Gasteiger partial charge is 0.228 e. The first-order valence-electron chi connectivity index (χ1n) is 9.57. The van der Waals surface area contributed by atoms with Crippen LogP contribution in [0.25, 0.3) is 0 Å². The lowest BCUT2D eigenvalue weighted by Crippen LogP contribution is -2.40. The minimum absolute atomic E-state index is 0.0273. The lowest BCUT2D eigenvalue weighted by Gasteiger charge is -2.32. The van der Waals surface area contributed by atoms with Gasteiger partial charge in [-0.15, -0.1) is 0 Å². The van der Waals surface area contributed by atoms with Gasteiger partial charge in [0.05, 0.1) is 5.92 Å². The number of benzene rings is 2. The van der Waals surface area contributed by atoms with Crippen LogP contribution < -0.4 is 10.1 Å². The number of ether oxygens (including phenoxy) is 1. The molecule has 1 heterocycles. The largest absolute Gasteiger partial charge is 0.490 e. The molecule has 0 aliphatic carbocycles. The summed E-state index contributed by atoms with van der Waals surface area (Å²) in [6.07, 6.45) is 3.70. The van der Waals surface area contributed by atoms with Gasteiger partial charge in [0, 0.05) is 18.8 Å². The second kappa shape index (κ2) is 9.38. The van der Waals surface area contributed by atoms with Gasteiger partial charge in [-0.1, -0.05) is 36.9 Å². The molecule has 1 N–H and O–H groups in total. The first-order chi connectivity index (χ1) is 13.2. The summed E-state index contributed by atoms with van der Waals surface area (Å²) in [5, 5.41) is 3.05. The van der Waals surface area contributed by atoms with Crippen molar-refractivity contribution in [3.8, 4) is 5.75 Å². The SMILES string of the molecule is C=CCOc1ccc(NC(=O)C2CCCN(Cc3ccccc3C)C2)cc1. The lowest BCUT2D eigenvalue weighted by atomic mass is 9.96. The number of likely N-dealkylation sites (tertiary alicyclic amines) is 1. The van der Waals surface area contributed by atoms with Crippen LogP contribution in [0.15, 0.2) is 61.2 Å². The Kier molecular flexibility index (Phi) is 6.66. The fourth-order valence-electron chi connectivity index (χ4n) is 3.48. The van der Waals surface area contributed by atoms with Crippen LogP contribution in [-0.4, -0.2) is 30.5 Å². The Morgan fingerprint density at radius 2 is 2.04 bits per heavy atom. The van der Waals surface area contributed by atoms with Crippen molar-refractivity contribution in [1.82, 2.24) is 4.90 Å². The molecule has 4 nitrogen and oxygen atoms in total. The van der Waals surface area contributed by atoms with Crippen LogP contribution in [0.1, 0.15) is 24.0 Å². The molecular formula is C23H28N2O2. The molecule has 0 radical (unpaired) electrons. The molecule has 1 amide bonds. The average molecular weight is 364 g/mol. The summed E-state index contributed by atoms with van der Waals surface area (Å²) in [4.78, 5) is 15.1. The van der Waals surface area contributed by atoms with Gasteiger partial charge in [-0.25, -0.2) is 0 Å². The van der Waals surface area contributed by atoms with E-state index in [1.165, 1.54) is 11.1 Å². The standard InChI is InChI=1S/C23H28N2O2/c1-3-15-27-22-12-10-21(11-13-22)24-23(26)20-9-6-14-25(17-20)16-19-8-5-4-7-18(19)2/h3-5,7-8,10-13,20H,1,6,9,14-17H2,2H3,(H,24,26). The molecule has 1 aliphatic heterocycles. The summed E-state index contributed by atoms with van der Waals surface area (Å²) in [5.74, 6) is 0.902. The predicted molar refractivity (Wildman–Crippen MR) is 110 cm³/mol. The number of carbonyl (C=O) groups excluding carboxylic acids is 1. The Balaban J connectivity index is 1.55. The van der Waals surface area contributed by atoms with Crippen molar-refractivity contribution in [3.05, 3.63) is 72.3 Å². The second-order valence-electron chi connectivity index (χ2n) is 7.11. The summed E-state index contributed by atoms with van der Waals surface area (Å²) in [6, 6.07) is 16.0. The van der Waals surface area contributed by atoms with E-state index in [4.69, 9.17) is 4.74 Å². The molecule has 1 fully saturated rings. The van der Waals surface area contributed by atoms with Crippen molar-refractivity contribution in [2.24, 2.45) is 5.92 Å². The third kappa shape index (κ3) is 5.44. The van der Waals surface area contributed by atoms with E-state index in [1.54, 1.807) is 6.08 Å². The highest BCUT2D eigenvalue weighted by atomic mass is 16.5. The predicted octanol–water partition coefficient (Wildman–Crippen LogP) is 4.41. The molecule has 1 atom stereocenters. The molecule has 0 aromatic heterocycles. The number of rotatable bonds is 7. The fraction of sp³-hybridized carbons (Fsp3) is 0.348. The maximum Gasteiger partial charge on any atom is 0.228 e. The second-order valence-corrected chi connectivity index (χ2v) is 7.11. The maximum absolute atomic E-state index is 12.7. The molecule has 142 valence electrons. The van der Waals surface area contributed by atoms with Gasteiger partial charge in [-0.3, -0.25) is 9.69 Å². The van der Waals surface area contributed by atoms with E-state index in [-0.39, 0.29) is 11.8 Å². The Bertz CT molecular complexity index is 770. The van der Waals surface area contributed by atoms with E-state index in [2.05, 4.69) is 48.0 Å². The molecule has 0 bridgehead atoms. The first-order valence-corrected chi connectivity index (χ1v) is 9.57. The summed E-state index contributed by atoms with van der Waals surface area (Å²) in [6.45, 7) is 9.02. The maximum atomic E-state index is 12.7. The number of amides is 1. The van der Waals surface area contributed by atoms with Crippen molar-refractivity contribution in [2.75, 3.05) is 25.0 Å². The van der Waals surface area contributed by atoms with Crippen molar-refractivity contribution < 1.29 is 9.53 Å². The van der Waals surface area contributed by atoms with Gasteiger partial charge in [0.2, 0.25) is 5.91 Å². The summed E-state index contributed by atoms with van der Waals surface area (Å²) < 4.78 is 5.47. The number of nitrogens with zero attached hydrogens (tertiary/aromatic N) is 1. The van der Waals surface area contributed by atoms with Crippen LogP contribution in [0.3, 0.4) is 0 Å². The summed E-state index contributed by atoms with van der Waals surface area (Å²) in [5.41, 5.74) is 3.46. The van der Waals surface area contributed by atoms with Crippen LogP contribution >= 0.6 is 0 Å². The van der Waals surface area contributed by atoms with Crippen molar-refractivity contribution in [2.45, 2.75) is 26.3 Å². The average Bonchev–Trinajstić information content (AvgIpc) is 2.69. The lowest BCUT2D eigenvalue weighted by molar-refractivity contribution is -0.121. The summed E-state index contributed by atoms with van der Waals surface area (Å²) in [7, 11) is 0. The van der Waals surface area contributed by atoms with E-state index in [1.807, 2.05) is 24.3 Å². The van der Waals surface area contributed by atoms with Gasteiger partial charge in [0.15, 0.2) is 0 Å². The van der Waals surface area contributed by atoms with E-state index in [0.717, 1.165) is 43.9 Å². The molecule has 4 heteroatoms. The Hall–Kier alpha value is -2.59. The zero-order valence-electron chi connectivity index (χ0n) is 16.0. The van der Waals surface area contributed by atoms with E-state index < -0.39 is 0 Å². The minimum Gasteiger partial charge on any atom is -0.490 e. The molecule has 2 aromatic carbocycles.